The first-order valence-electron chi connectivity index (χ1n) is 10.7. The number of carbonyl (C=O) groups excluding carboxylic acids is 2. The van der Waals surface area contributed by atoms with E-state index in [1.165, 1.54) is 11.2 Å². The minimum Gasteiger partial charge on any atom is -0.494 e. The summed E-state index contributed by atoms with van der Waals surface area (Å²) in [5.74, 6) is 0.529. The Morgan fingerprint density at radius 3 is 2.47 bits per heavy atom. The Bertz CT molecular complexity index is 1160. The first-order chi connectivity index (χ1) is 15.5. The molecule has 6 nitrogen and oxygen atoms in total. The Kier molecular flexibility index (Phi) is 6.12. The normalized spacial score (nSPS) is 13.8. The minimum atomic E-state index is -0.381. The van der Waals surface area contributed by atoms with Crippen LogP contribution in [-0.4, -0.2) is 23.3 Å². The van der Waals surface area contributed by atoms with E-state index in [4.69, 9.17) is 9.15 Å². The summed E-state index contributed by atoms with van der Waals surface area (Å²) in [7, 11) is 0. The molecule has 1 aliphatic heterocycles. The first kappa shape index (κ1) is 21.4. The Morgan fingerprint density at radius 2 is 1.78 bits per heavy atom. The number of carbonyl (C=O) groups is 2. The number of aryl methyl sites for hydroxylation is 2. The maximum Gasteiger partial charge on any atom is 0.278 e. The lowest BCUT2D eigenvalue weighted by molar-refractivity contribution is -0.137. The maximum atomic E-state index is 13.4. The van der Waals surface area contributed by atoms with Crippen LogP contribution in [0.15, 0.2) is 71.0 Å². The van der Waals surface area contributed by atoms with Crippen LogP contribution in [0.4, 0.5) is 5.69 Å². The molecule has 0 saturated carbocycles. The summed E-state index contributed by atoms with van der Waals surface area (Å²) < 4.78 is 11.0. The molecule has 2 amide bonds. The summed E-state index contributed by atoms with van der Waals surface area (Å²) in [6, 6.07) is 16.7. The topological polar surface area (TPSA) is 71.8 Å². The van der Waals surface area contributed by atoms with Crippen LogP contribution >= 0.6 is 0 Å². The number of hydrogen-bond donors (Lipinski definition) is 1. The number of imide groups is 1. The molecule has 0 spiro atoms. The van der Waals surface area contributed by atoms with Crippen molar-refractivity contribution in [2.24, 2.45) is 0 Å². The Morgan fingerprint density at radius 1 is 1.00 bits per heavy atom. The second-order valence-corrected chi connectivity index (χ2v) is 7.84. The van der Waals surface area contributed by atoms with Gasteiger partial charge >= 0.3 is 0 Å². The van der Waals surface area contributed by atoms with E-state index in [1.807, 2.05) is 63.2 Å². The maximum absolute atomic E-state index is 13.4. The van der Waals surface area contributed by atoms with Crippen LogP contribution in [0.25, 0.3) is 5.57 Å². The van der Waals surface area contributed by atoms with Crippen molar-refractivity contribution in [1.82, 2.24) is 4.90 Å². The van der Waals surface area contributed by atoms with Gasteiger partial charge in [0.2, 0.25) is 0 Å². The van der Waals surface area contributed by atoms with Gasteiger partial charge in [-0.3, -0.25) is 14.5 Å². The number of nitrogens with one attached hydrogen (secondary N) is 1. The number of nitrogens with zero attached hydrogens (tertiary/aromatic N) is 1. The third-order valence-corrected chi connectivity index (χ3v) is 5.33. The molecule has 4 rings (SSSR count). The summed E-state index contributed by atoms with van der Waals surface area (Å²) in [6.45, 7) is 6.68. The fraction of sp³-hybridized carbons (Fsp3) is 0.231. The molecule has 1 aromatic heterocycles. The molecule has 0 saturated heterocycles. The molecule has 2 aromatic carbocycles. The van der Waals surface area contributed by atoms with Gasteiger partial charge in [0.05, 0.1) is 25.0 Å². The van der Waals surface area contributed by atoms with Crippen LogP contribution < -0.4 is 10.1 Å². The molecule has 0 bridgehead atoms. The highest BCUT2D eigenvalue weighted by atomic mass is 16.5. The van der Waals surface area contributed by atoms with Crippen LogP contribution in [0, 0.1) is 13.8 Å². The average molecular weight is 431 g/mol. The van der Waals surface area contributed by atoms with Gasteiger partial charge in [0.15, 0.2) is 0 Å². The zero-order chi connectivity index (χ0) is 22.7. The van der Waals surface area contributed by atoms with E-state index in [1.54, 1.807) is 12.1 Å². The second kappa shape index (κ2) is 9.14. The van der Waals surface area contributed by atoms with Crippen molar-refractivity contribution in [3.8, 4) is 5.75 Å². The molecule has 3 aromatic rings. The van der Waals surface area contributed by atoms with E-state index in [0.29, 0.717) is 23.5 Å². The SMILES string of the molecule is CCCOc1ccc(C2=C(Nc3cc(C)ccc3C)C(=O)N(Cc3ccco3)C2=O)cc1. The molecule has 0 aliphatic carbocycles. The van der Waals surface area contributed by atoms with E-state index in [9.17, 15) is 9.59 Å². The van der Waals surface area contributed by atoms with E-state index in [2.05, 4.69) is 5.32 Å². The van der Waals surface area contributed by atoms with Crippen molar-refractivity contribution < 1.29 is 18.7 Å². The van der Waals surface area contributed by atoms with Crippen LogP contribution in [0.5, 0.6) is 5.75 Å². The molecule has 2 heterocycles. The number of amides is 2. The molecular formula is C26H26N2O4. The third kappa shape index (κ3) is 4.30. The van der Waals surface area contributed by atoms with E-state index in [-0.39, 0.29) is 24.1 Å². The Balaban J connectivity index is 1.73. The number of furan rings is 1. The molecule has 6 heteroatoms. The number of anilines is 1. The lowest BCUT2D eigenvalue weighted by Crippen LogP contribution is -2.31. The summed E-state index contributed by atoms with van der Waals surface area (Å²) in [5, 5.41) is 3.24. The summed E-state index contributed by atoms with van der Waals surface area (Å²) in [5.41, 5.74) is 4.09. The predicted octanol–water partition coefficient (Wildman–Crippen LogP) is 5.08. The van der Waals surface area contributed by atoms with Gasteiger partial charge in [0.25, 0.3) is 11.8 Å². The van der Waals surface area contributed by atoms with E-state index in [0.717, 1.165) is 29.0 Å². The van der Waals surface area contributed by atoms with Gasteiger partial charge < -0.3 is 14.5 Å². The van der Waals surface area contributed by atoms with E-state index < -0.39 is 0 Å². The molecular weight excluding hydrogens is 404 g/mol. The van der Waals surface area contributed by atoms with Crippen molar-refractivity contribution in [3.05, 3.63) is 89.0 Å². The van der Waals surface area contributed by atoms with Crippen molar-refractivity contribution >= 4 is 23.1 Å². The predicted molar refractivity (Wildman–Crippen MR) is 123 cm³/mol. The van der Waals surface area contributed by atoms with Crippen molar-refractivity contribution in [1.29, 1.82) is 0 Å². The molecule has 1 N–H and O–H groups in total. The van der Waals surface area contributed by atoms with E-state index >= 15 is 0 Å². The lowest BCUT2D eigenvalue weighted by Gasteiger charge is -2.14. The van der Waals surface area contributed by atoms with Gasteiger partial charge in [-0.15, -0.1) is 0 Å². The molecule has 1 aliphatic rings. The third-order valence-electron chi connectivity index (χ3n) is 5.33. The monoisotopic (exact) mass is 430 g/mol. The van der Waals surface area contributed by atoms with Gasteiger partial charge in [-0.1, -0.05) is 31.2 Å². The van der Waals surface area contributed by atoms with Gasteiger partial charge in [-0.05, 0) is 67.3 Å². The standard InChI is InChI=1S/C26H26N2O4/c1-4-13-31-20-11-9-19(10-12-20)23-24(27-22-15-17(2)7-8-18(22)3)26(30)28(25(23)29)16-21-6-5-14-32-21/h5-12,14-15,27H,4,13,16H2,1-3H3. The van der Waals surface area contributed by atoms with Crippen molar-refractivity contribution in [2.75, 3.05) is 11.9 Å². The van der Waals surface area contributed by atoms with Gasteiger partial charge in [-0.2, -0.15) is 0 Å². The molecule has 32 heavy (non-hydrogen) atoms. The molecule has 0 fully saturated rings. The van der Waals surface area contributed by atoms with Crippen LogP contribution in [0.1, 0.15) is 35.8 Å². The smallest absolute Gasteiger partial charge is 0.278 e. The average Bonchev–Trinajstić information content (AvgIpc) is 3.38. The summed E-state index contributed by atoms with van der Waals surface area (Å²) in [4.78, 5) is 28.0. The number of rotatable bonds is 8. The number of benzene rings is 2. The van der Waals surface area contributed by atoms with Crippen molar-refractivity contribution in [2.45, 2.75) is 33.7 Å². The fourth-order valence-corrected chi connectivity index (χ4v) is 3.60. The van der Waals surface area contributed by atoms with Gasteiger partial charge in [0.1, 0.15) is 17.2 Å². The van der Waals surface area contributed by atoms with Gasteiger partial charge in [0, 0.05) is 5.69 Å². The zero-order valence-corrected chi connectivity index (χ0v) is 18.5. The van der Waals surface area contributed by atoms with Crippen molar-refractivity contribution in [3.63, 3.8) is 0 Å². The van der Waals surface area contributed by atoms with Crippen LogP contribution in [-0.2, 0) is 16.1 Å². The highest BCUT2D eigenvalue weighted by molar-refractivity contribution is 6.36. The molecule has 0 atom stereocenters. The molecule has 164 valence electrons. The van der Waals surface area contributed by atoms with Crippen LogP contribution in [0.2, 0.25) is 0 Å². The largest absolute Gasteiger partial charge is 0.494 e. The zero-order valence-electron chi connectivity index (χ0n) is 18.5. The Hall–Kier alpha value is -3.80. The summed E-state index contributed by atoms with van der Waals surface area (Å²) in [6.07, 6.45) is 2.44. The molecule has 0 radical (unpaired) electrons. The fourth-order valence-electron chi connectivity index (χ4n) is 3.60. The van der Waals surface area contributed by atoms with Gasteiger partial charge in [-0.25, -0.2) is 0 Å². The Labute approximate surface area is 187 Å². The first-order valence-corrected chi connectivity index (χ1v) is 10.7. The highest BCUT2D eigenvalue weighted by Crippen LogP contribution is 2.33. The van der Waals surface area contributed by atoms with Crippen LogP contribution in [0.3, 0.4) is 0 Å². The number of hydrogen-bond acceptors (Lipinski definition) is 5. The molecule has 0 unspecified atom stereocenters. The number of ether oxygens (including phenoxy) is 1. The minimum absolute atomic E-state index is 0.0733. The summed E-state index contributed by atoms with van der Waals surface area (Å²) >= 11 is 0. The second-order valence-electron chi connectivity index (χ2n) is 7.84. The highest BCUT2D eigenvalue weighted by Gasteiger charge is 2.39. The quantitative estimate of drug-likeness (QED) is 0.505. The lowest BCUT2D eigenvalue weighted by atomic mass is 10.0.